The Balaban J connectivity index is 3.39. The molecule has 0 heterocycles. The summed E-state index contributed by atoms with van der Waals surface area (Å²) < 4.78 is 16.0. The van der Waals surface area contributed by atoms with Crippen molar-refractivity contribution in [3.8, 4) is 17.2 Å². The molecule has 14 heavy (non-hydrogen) atoms. The molecule has 0 saturated carbocycles. The molecule has 0 radical (unpaired) electrons. The maximum atomic E-state index is 6.01. The number of hydrogen-bond donors (Lipinski definition) is 0. The van der Waals surface area contributed by atoms with Gasteiger partial charge in [-0.3, -0.25) is 0 Å². The predicted molar refractivity (Wildman–Crippen MR) is 58.8 cm³/mol. The van der Waals surface area contributed by atoms with Crippen molar-refractivity contribution < 1.29 is 14.2 Å². The Labute approximate surface area is 96.0 Å². The zero-order valence-corrected chi connectivity index (χ0v) is 10.4. The zero-order chi connectivity index (χ0) is 10.7. The fourth-order valence-corrected chi connectivity index (χ4v) is 2.10. The van der Waals surface area contributed by atoms with Crippen LogP contribution < -0.4 is 14.2 Å². The maximum absolute atomic E-state index is 6.01. The van der Waals surface area contributed by atoms with Gasteiger partial charge >= 0.3 is 0 Å². The third-order valence-corrected chi connectivity index (χ3v) is 2.85. The van der Waals surface area contributed by atoms with Crippen LogP contribution in [0.3, 0.4) is 0 Å². The molecule has 5 heteroatoms. The van der Waals surface area contributed by atoms with Crippen LogP contribution in [0.1, 0.15) is 0 Å². The Morgan fingerprint density at radius 2 is 1.64 bits per heavy atom. The fourth-order valence-electron chi connectivity index (χ4n) is 1.04. The van der Waals surface area contributed by atoms with E-state index in [2.05, 4.69) is 15.9 Å². The van der Waals surface area contributed by atoms with E-state index in [1.807, 2.05) is 0 Å². The third kappa shape index (κ3) is 1.91. The van der Waals surface area contributed by atoms with E-state index in [1.165, 1.54) is 14.2 Å². The molecule has 0 aliphatic heterocycles. The van der Waals surface area contributed by atoms with E-state index in [0.29, 0.717) is 26.7 Å². The lowest BCUT2D eigenvalue weighted by Crippen LogP contribution is -1.94. The van der Waals surface area contributed by atoms with Crippen LogP contribution in [0, 0.1) is 0 Å². The average molecular weight is 282 g/mol. The van der Waals surface area contributed by atoms with E-state index < -0.39 is 0 Å². The molecule has 0 aliphatic carbocycles. The highest BCUT2D eigenvalue weighted by Gasteiger charge is 2.16. The van der Waals surface area contributed by atoms with Crippen molar-refractivity contribution in [1.29, 1.82) is 0 Å². The Hall–Kier alpha value is -0.610. The van der Waals surface area contributed by atoms with E-state index >= 15 is 0 Å². The largest absolute Gasteiger partial charge is 0.495 e. The molecule has 0 fully saturated rings. The molecule has 0 unspecified atom stereocenters. The molecule has 0 amide bonds. The monoisotopic (exact) mass is 280 g/mol. The van der Waals surface area contributed by atoms with Crippen LogP contribution in [0.5, 0.6) is 17.2 Å². The van der Waals surface area contributed by atoms with Gasteiger partial charge in [0.15, 0.2) is 5.75 Å². The highest BCUT2D eigenvalue weighted by molar-refractivity contribution is 9.10. The number of ether oxygens (including phenoxy) is 3. The van der Waals surface area contributed by atoms with Gasteiger partial charge in [-0.1, -0.05) is 11.6 Å². The highest BCUT2D eigenvalue weighted by Crippen LogP contribution is 2.45. The first-order chi connectivity index (χ1) is 6.65. The van der Waals surface area contributed by atoms with Gasteiger partial charge < -0.3 is 14.2 Å². The van der Waals surface area contributed by atoms with Crippen molar-refractivity contribution in [3.63, 3.8) is 0 Å². The van der Waals surface area contributed by atoms with Gasteiger partial charge in [-0.2, -0.15) is 0 Å². The van der Waals surface area contributed by atoms with E-state index in [0.717, 1.165) is 0 Å². The average Bonchev–Trinajstić information content (AvgIpc) is 2.19. The Morgan fingerprint density at radius 3 is 2.07 bits per heavy atom. The number of rotatable bonds is 3. The summed E-state index contributed by atoms with van der Waals surface area (Å²) in [5, 5.41) is 0.419. The van der Waals surface area contributed by atoms with E-state index in [4.69, 9.17) is 25.8 Å². The van der Waals surface area contributed by atoms with Crippen LogP contribution in [0.4, 0.5) is 0 Å². The second kappa shape index (κ2) is 4.75. The van der Waals surface area contributed by atoms with Crippen molar-refractivity contribution in [2.45, 2.75) is 0 Å². The Kier molecular flexibility index (Phi) is 3.89. The smallest absolute Gasteiger partial charge is 0.159 e. The molecule has 0 atom stereocenters. The second-order valence-corrected chi connectivity index (χ2v) is 3.61. The third-order valence-electron chi connectivity index (χ3n) is 1.74. The molecule has 0 aromatic heterocycles. The highest BCUT2D eigenvalue weighted by atomic mass is 79.9. The van der Waals surface area contributed by atoms with Crippen molar-refractivity contribution >= 4 is 27.5 Å². The first kappa shape index (κ1) is 11.5. The summed E-state index contributed by atoms with van der Waals surface area (Å²) in [5.41, 5.74) is 0. The van der Waals surface area contributed by atoms with Crippen LogP contribution in [0.15, 0.2) is 10.5 Å². The lowest BCUT2D eigenvalue weighted by Gasteiger charge is -2.13. The van der Waals surface area contributed by atoms with Crippen LogP contribution in [0.25, 0.3) is 0 Å². The van der Waals surface area contributed by atoms with Gasteiger partial charge in [-0.05, 0) is 15.9 Å². The van der Waals surface area contributed by atoms with Crippen LogP contribution in [-0.4, -0.2) is 21.3 Å². The van der Waals surface area contributed by atoms with Crippen LogP contribution >= 0.6 is 27.5 Å². The summed E-state index contributed by atoms with van der Waals surface area (Å²) in [5.74, 6) is 1.63. The van der Waals surface area contributed by atoms with Crippen molar-refractivity contribution in [2.24, 2.45) is 0 Å². The van der Waals surface area contributed by atoms with Crippen LogP contribution in [0.2, 0.25) is 5.02 Å². The van der Waals surface area contributed by atoms with Crippen molar-refractivity contribution in [3.05, 3.63) is 15.6 Å². The molecule has 0 aliphatic rings. The summed E-state index contributed by atoms with van der Waals surface area (Å²) in [4.78, 5) is 0. The van der Waals surface area contributed by atoms with Gasteiger partial charge in [-0.15, -0.1) is 0 Å². The normalized spacial score (nSPS) is 9.79. The SMILES string of the molecule is COc1cc(OC)c(Br)c(OC)c1Cl. The zero-order valence-electron chi connectivity index (χ0n) is 8.06. The molecular weight excluding hydrogens is 271 g/mol. The number of hydrogen-bond acceptors (Lipinski definition) is 3. The second-order valence-electron chi connectivity index (χ2n) is 2.44. The van der Waals surface area contributed by atoms with Gasteiger partial charge in [0.1, 0.15) is 21.0 Å². The van der Waals surface area contributed by atoms with E-state index in [-0.39, 0.29) is 0 Å². The first-order valence-corrected chi connectivity index (χ1v) is 4.96. The molecule has 78 valence electrons. The summed E-state index contributed by atoms with van der Waals surface area (Å²) in [6.07, 6.45) is 0. The molecule has 1 aromatic rings. The minimum absolute atomic E-state index is 0.419. The van der Waals surface area contributed by atoms with Gasteiger partial charge in [0.25, 0.3) is 0 Å². The first-order valence-electron chi connectivity index (χ1n) is 3.79. The molecule has 3 nitrogen and oxygen atoms in total. The van der Waals surface area contributed by atoms with Gasteiger partial charge in [0.05, 0.1) is 21.3 Å². The minimum atomic E-state index is 0.419. The molecule has 0 spiro atoms. The van der Waals surface area contributed by atoms with Gasteiger partial charge in [0, 0.05) is 6.07 Å². The minimum Gasteiger partial charge on any atom is -0.495 e. The summed E-state index contributed by atoms with van der Waals surface area (Å²) in [6.45, 7) is 0. The molecule has 0 bridgehead atoms. The summed E-state index contributed by atoms with van der Waals surface area (Å²) >= 11 is 9.33. The number of halogens is 2. The van der Waals surface area contributed by atoms with Gasteiger partial charge in [0.2, 0.25) is 0 Å². The van der Waals surface area contributed by atoms with E-state index in [1.54, 1.807) is 13.2 Å². The predicted octanol–water partition coefficient (Wildman–Crippen LogP) is 3.13. The number of benzene rings is 1. The molecule has 1 rings (SSSR count). The standard InChI is InChI=1S/C9H10BrClO3/c1-12-5-4-6(13-2)8(11)9(14-3)7(5)10/h4H,1-3H3. The van der Waals surface area contributed by atoms with E-state index in [9.17, 15) is 0 Å². The van der Waals surface area contributed by atoms with Crippen LogP contribution in [-0.2, 0) is 0 Å². The summed E-state index contributed by atoms with van der Waals surface area (Å²) in [6, 6.07) is 1.69. The van der Waals surface area contributed by atoms with Crippen molar-refractivity contribution in [1.82, 2.24) is 0 Å². The lowest BCUT2D eigenvalue weighted by atomic mass is 10.3. The Bertz CT molecular complexity index is 313. The molecule has 0 N–H and O–H groups in total. The molecule has 0 saturated heterocycles. The van der Waals surface area contributed by atoms with Crippen molar-refractivity contribution in [2.75, 3.05) is 21.3 Å². The van der Waals surface area contributed by atoms with Gasteiger partial charge in [-0.25, -0.2) is 0 Å². The summed E-state index contributed by atoms with van der Waals surface area (Å²) in [7, 11) is 4.63. The fraction of sp³-hybridized carbons (Fsp3) is 0.333. The Morgan fingerprint density at radius 1 is 1.07 bits per heavy atom. The molecule has 1 aromatic carbocycles. The topological polar surface area (TPSA) is 27.7 Å². The molecular formula is C9H10BrClO3. The quantitative estimate of drug-likeness (QED) is 0.852. The lowest BCUT2D eigenvalue weighted by molar-refractivity contribution is 0.372. The number of methoxy groups -OCH3 is 3. The maximum Gasteiger partial charge on any atom is 0.159 e.